The molecule has 0 atom stereocenters. The van der Waals surface area contributed by atoms with Crippen LogP contribution in [0.5, 0.6) is 5.75 Å². The Morgan fingerprint density at radius 3 is 2.94 bits per heavy atom. The SMILES string of the molecule is CCCn1cc(OCCNCCN(C)C)cn1. The maximum atomic E-state index is 5.58. The molecule has 1 rings (SSSR count). The molecule has 5 heteroatoms. The van der Waals surface area contributed by atoms with Crippen LogP contribution in [0, 0.1) is 0 Å². The Morgan fingerprint density at radius 2 is 2.24 bits per heavy atom. The van der Waals surface area contributed by atoms with E-state index < -0.39 is 0 Å². The molecule has 1 aromatic heterocycles. The smallest absolute Gasteiger partial charge is 0.157 e. The Bertz CT molecular complexity index is 298. The summed E-state index contributed by atoms with van der Waals surface area (Å²) in [5, 5.41) is 7.53. The van der Waals surface area contributed by atoms with Crippen LogP contribution in [0.25, 0.3) is 0 Å². The van der Waals surface area contributed by atoms with Gasteiger partial charge < -0.3 is 15.0 Å². The molecule has 0 aliphatic rings. The zero-order chi connectivity index (χ0) is 12.5. The maximum Gasteiger partial charge on any atom is 0.157 e. The van der Waals surface area contributed by atoms with E-state index in [9.17, 15) is 0 Å². The summed E-state index contributed by atoms with van der Waals surface area (Å²) in [5.74, 6) is 0.854. The fourth-order valence-corrected chi connectivity index (χ4v) is 1.44. The van der Waals surface area contributed by atoms with Crippen LogP contribution in [0.3, 0.4) is 0 Å². The molecule has 0 fully saturated rings. The highest BCUT2D eigenvalue weighted by atomic mass is 16.5. The molecule has 0 unspecified atom stereocenters. The molecule has 5 nitrogen and oxygen atoms in total. The normalized spacial score (nSPS) is 11.1. The number of rotatable bonds is 9. The van der Waals surface area contributed by atoms with E-state index in [4.69, 9.17) is 4.74 Å². The van der Waals surface area contributed by atoms with Crippen LogP contribution in [0.4, 0.5) is 0 Å². The highest BCUT2D eigenvalue weighted by Crippen LogP contribution is 2.07. The largest absolute Gasteiger partial charge is 0.489 e. The second kappa shape index (κ2) is 8.08. The van der Waals surface area contributed by atoms with Gasteiger partial charge in [-0.05, 0) is 20.5 Å². The number of nitrogens with zero attached hydrogens (tertiary/aromatic N) is 3. The predicted molar refractivity (Wildman–Crippen MR) is 69.4 cm³/mol. The summed E-state index contributed by atoms with van der Waals surface area (Å²) in [6.45, 7) is 6.68. The summed E-state index contributed by atoms with van der Waals surface area (Å²) in [5.41, 5.74) is 0. The molecule has 1 aromatic rings. The lowest BCUT2D eigenvalue weighted by molar-refractivity contribution is 0.308. The number of hydrogen-bond donors (Lipinski definition) is 1. The van der Waals surface area contributed by atoms with Crippen molar-refractivity contribution in [3.05, 3.63) is 12.4 Å². The summed E-state index contributed by atoms with van der Waals surface area (Å²) in [6.07, 6.45) is 4.81. The van der Waals surface area contributed by atoms with Crippen molar-refractivity contribution in [1.29, 1.82) is 0 Å². The first-order chi connectivity index (χ1) is 8.22. The number of aryl methyl sites for hydroxylation is 1. The van der Waals surface area contributed by atoms with E-state index in [1.165, 1.54) is 0 Å². The molecule has 98 valence electrons. The third-order valence-electron chi connectivity index (χ3n) is 2.35. The number of aromatic nitrogens is 2. The first-order valence-electron chi connectivity index (χ1n) is 6.23. The maximum absolute atomic E-state index is 5.58. The topological polar surface area (TPSA) is 42.3 Å². The molecule has 1 heterocycles. The Balaban J connectivity index is 2.05. The van der Waals surface area contributed by atoms with Crippen molar-refractivity contribution in [2.75, 3.05) is 40.3 Å². The highest BCUT2D eigenvalue weighted by Gasteiger charge is 1.98. The van der Waals surface area contributed by atoms with Gasteiger partial charge in [-0.2, -0.15) is 5.10 Å². The minimum absolute atomic E-state index is 0.686. The highest BCUT2D eigenvalue weighted by molar-refractivity contribution is 5.11. The number of nitrogens with one attached hydrogen (secondary N) is 1. The second-order valence-electron chi connectivity index (χ2n) is 4.34. The summed E-state index contributed by atoms with van der Waals surface area (Å²) in [6, 6.07) is 0. The Kier molecular flexibility index (Phi) is 6.65. The zero-order valence-electron chi connectivity index (χ0n) is 11.1. The molecule has 0 amide bonds. The van der Waals surface area contributed by atoms with Crippen molar-refractivity contribution in [2.45, 2.75) is 19.9 Å². The fourth-order valence-electron chi connectivity index (χ4n) is 1.44. The lowest BCUT2D eigenvalue weighted by Crippen LogP contribution is -2.29. The van der Waals surface area contributed by atoms with Crippen molar-refractivity contribution in [3.8, 4) is 5.75 Å². The Morgan fingerprint density at radius 1 is 1.41 bits per heavy atom. The van der Waals surface area contributed by atoms with E-state index >= 15 is 0 Å². The molecule has 17 heavy (non-hydrogen) atoms. The molecule has 1 N–H and O–H groups in total. The van der Waals surface area contributed by atoms with Gasteiger partial charge in [0, 0.05) is 26.2 Å². The number of likely N-dealkylation sites (N-methyl/N-ethyl adjacent to an activating group) is 1. The van der Waals surface area contributed by atoms with Crippen LogP contribution in [0.1, 0.15) is 13.3 Å². The van der Waals surface area contributed by atoms with Gasteiger partial charge in [0.2, 0.25) is 0 Å². The van der Waals surface area contributed by atoms with Crippen LogP contribution in [0.2, 0.25) is 0 Å². The van der Waals surface area contributed by atoms with E-state index in [-0.39, 0.29) is 0 Å². The lowest BCUT2D eigenvalue weighted by Gasteiger charge is -2.10. The molecule has 0 aromatic carbocycles. The Labute approximate surface area is 104 Å². The molecule has 0 spiro atoms. The third kappa shape index (κ3) is 6.28. The Hall–Kier alpha value is -1.07. The molecule has 0 bridgehead atoms. The second-order valence-corrected chi connectivity index (χ2v) is 4.34. The molecule has 0 aliphatic carbocycles. The molecule has 0 saturated carbocycles. The number of ether oxygens (including phenoxy) is 1. The minimum atomic E-state index is 0.686. The molecular formula is C12H24N4O. The monoisotopic (exact) mass is 240 g/mol. The van der Waals surface area contributed by atoms with Crippen LogP contribution in [-0.4, -0.2) is 55.0 Å². The van der Waals surface area contributed by atoms with Crippen LogP contribution in [0.15, 0.2) is 12.4 Å². The zero-order valence-corrected chi connectivity index (χ0v) is 11.1. The standard InChI is InChI=1S/C12H24N4O/c1-4-7-16-11-12(10-14-16)17-9-6-13-5-8-15(2)3/h10-11,13H,4-9H2,1-3H3. The first kappa shape index (κ1) is 14.0. The average molecular weight is 240 g/mol. The average Bonchev–Trinajstić information content (AvgIpc) is 2.71. The van der Waals surface area contributed by atoms with E-state index in [0.29, 0.717) is 6.61 Å². The van der Waals surface area contributed by atoms with Gasteiger partial charge in [0.05, 0.1) is 12.4 Å². The van der Waals surface area contributed by atoms with Gasteiger partial charge in [0.25, 0.3) is 0 Å². The van der Waals surface area contributed by atoms with Crippen molar-refractivity contribution < 1.29 is 4.74 Å². The fraction of sp³-hybridized carbons (Fsp3) is 0.750. The summed E-state index contributed by atoms with van der Waals surface area (Å²) in [7, 11) is 4.14. The van der Waals surface area contributed by atoms with E-state index in [1.807, 2.05) is 10.9 Å². The molecule has 0 saturated heterocycles. The van der Waals surface area contributed by atoms with Crippen molar-refractivity contribution in [2.24, 2.45) is 0 Å². The van der Waals surface area contributed by atoms with Crippen molar-refractivity contribution >= 4 is 0 Å². The first-order valence-corrected chi connectivity index (χ1v) is 6.23. The van der Waals surface area contributed by atoms with Crippen LogP contribution < -0.4 is 10.1 Å². The van der Waals surface area contributed by atoms with Gasteiger partial charge in [0.15, 0.2) is 5.75 Å². The molecule has 0 radical (unpaired) electrons. The third-order valence-corrected chi connectivity index (χ3v) is 2.35. The van der Waals surface area contributed by atoms with E-state index in [0.717, 1.165) is 38.3 Å². The predicted octanol–water partition coefficient (Wildman–Crippen LogP) is 0.823. The minimum Gasteiger partial charge on any atom is -0.489 e. The van der Waals surface area contributed by atoms with Gasteiger partial charge in [-0.1, -0.05) is 6.92 Å². The van der Waals surface area contributed by atoms with Gasteiger partial charge in [0.1, 0.15) is 6.61 Å². The van der Waals surface area contributed by atoms with Gasteiger partial charge in [-0.25, -0.2) is 0 Å². The summed E-state index contributed by atoms with van der Waals surface area (Å²) >= 11 is 0. The van der Waals surface area contributed by atoms with E-state index in [2.05, 4.69) is 36.3 Å². The summed E-state index contributed by atoms with van der Waals surface area (Å²) in [4.78, 5) is 2.16. The number of hydrogen-bond acceptors (Lipinski definition) is 4. The van der Waals surface area contributed by atoms with Gasteiger partial charge in [-0.3, -0.25) is 4.68 Å². The van der Waals surface area contributed by atoms with Gasteiger partial charge in [-0.15, -0.1) is 0 Å². The molecular weight excluding hydrogens is 216 g/mol. The van der Waals surface area contributed by atoms with E-state index in [1.54, 1.807) is 6.20 Å². The van der Waals surface area contributed by atoms with Crippen molar-refractivity contribution in [3.63, 3.8) is 0 Å². The lowest BCUT2D eigenvalue weighted by atomic mass is 10.5. The van der Waals surface area contributed by atoms with Gasteiger partial charge >= 0.3 is 0 Å². The van der Waals surface area contributed by atoms with Crippen molar-refractivity contribution in [1.82, 2.24) is 20.0 Å². The summed E-state index contributed by atoms with van der Waals surface area (Å²) < 4.78 is 7.49. The molecule has 0 aliphatic heterocycles. The quantitative estimate of drug-likeness (QED) is 0.649. The van der Waals surface area contributed by atoms with Crippen LogP contribution >= 0.6 is 0 Å². The van der Waals surface area contributed by atoms with Crippen LogP contribution in [-0.2, 0) is 6.54 Å².